The smallest absolute Gasteiger partial charge is 0.144 e. The van der Waals surface area contributed by atoms with Gasteiger partial charge in [-0.25, -0.2) is 0 Å². The van der Waals surface area contributed by atoms with Crippen molar-refractivity contribution in [2.75, 3.05) is 6.61 Å². The van der Waals surface area contributed by atoms with Crippen molar-refractivity contribution >= 4 is 23.2 Å². The Morgan fingerprint density at radius 1 is 1.04 bits per heavy atom. The second kappa shape index (κ2) is 5.90. The Bertz CT molecular complexity index is 763. The molecule has 0 amide bonds. The first kappa shape index (κ1) is 15.1. The number of hydrogen-bond acceptors (Lipinski definition) is 3. The maximum absolute atomic E-state index is 9.76. The predicted octanol–water partition coefficient (Wildman–Crippen LogP) is 4.80. The predicted molar refractivity (Wildman–Crippen MR) is 91.6 cm³/mol. The number of hydrogen-bond donors (Lipinski definition) is 2. The van der Waals surface area contributed by atoms with E-state index in [1.807, 2.05) is 24.3 Å². The Hall–Kier alpha value is -1.42. The first-order valence-electron chi connectivity index (χ1n) is 7.82. The number of ether oxygens (including phenoxy) is 1. The van der Waals surface area contributed by atoms with E-state index in [1.165, 1.54) is 11.1 Å². The summed E-state index contributed by atoms with van der Waals surface area (Å²) in [6, 6.07) is 9.86. The summed E-state index contributed by atoms with van der Waals surface area (Å²) in [6.45, 7) is 0.615. The number of rotatable bonds is 2. The third-order valence-electron chi connectivity index (χ3n) is 4.72. The standard InChI is InChI=1S/C18H17Cl2NO2/c19-14-5-4-12-16(7-8-23-18(12)17(14)20)21-15-6-2-10-1-3-11(22)9-13(10)15/h1,3-5,9,15-16,21-22H,2,6-8H2. The Labute approximate surface area is 145 Å². The van der Waals surface area contributed by atoms with Gasteiger partial charge in [0.2, 0.25) is 0 Å². The van der Waals surface area contributed by atoms with Crippen LogP contribution in [0.3, 0.4) is 0 Å². The highest BCUT2D eigenvalue weighted by Crippen LogP contribution is 2.43. The van der Waals surface area contributed by atoms with Crippen molar-refractivity contribution in [2.24, 2.45) is 0 Å². The molecule has 2 aromatic carbocycles. The van der Waals surface area contributed by atoms with Crippen molar-refractivity contribution in [2.45, 2.75) is 31.3 Å². The molecule has 0 spiro atoms. The van der Waals surface area contributed by atoms with E-state index < -0.39 is 0 Å². The van der Waals surface area contributed by atoms with Gasteiger partial charge in [-0.05, 0) is 42.2 Å². The zero-order valence-corrected chi connectivity index (χ0v) is 14.0. The Morgan fingerprint density at radius 2 is 1.87 bits per heavy atom. The van der Waals surface area contributed by atoms with Crippen LogP contribution in [0.4, 0.5) is 0 Å². The van der Waals surface area contributed by atoms with Crippen LogP contribution in [0.5, 0.6) is 11.5 Å². The fraction of sp³-hybridized carbons (Fsp3) is 0.333. The van der Waals surface area contributed by atoms with E-state index in [9.17, 15) is 5.11 Å². The molecular weight excluding hydrogens is 333 g/mol. The maximum Gasteiger partial charge on any atom is 0.144 e. The van der Waals surface area contributed by atoms with Crippen LogP contribution in [0.2, 0.25) is 10.0 Å². The van der Waals surface area contributed by atoms with Crippen LogP contribution in [0.25, 0.3) is 0 Å². The van der Waals surface area contributed by atoms with Crippen molar-refractivity contribution in [3.8, 4) is 11.5 Å². The molecule has 1 heterocycles. The van der Waals surface area contributed by atoms with Crippen molar-refractivity contribution in [1.82, 2.24) is 5.32 Å². The number of benzene rings is 2. The van der Waals surface area contributed by atoms with Gasteiger partial charge in [0, 0.05) is 24.1 Å². The Kier molecular flexibility index (Phi) is 3.88. The van der Waals surface area contributed by atoms with E-state index in [0.29, 0.717) is 28.2 Å². The number of aromatic hydroxyl groups is 1. The summed E-state index contributed by atoms with van der Waals surface area (Å²) >= 11 is 12.4. The summed E-state index contributed by atoms with van der Waals surface area (Å²) in [5, 5.41) is 14.5. The lowest BCUT2D eigenvalue weighted by atomic mass is 9.98. The van der Waals surface area contributed by atoms with Crippen LogP contribution >= 0.6 is 23.2 Å². The second-order valence-corrected chi connectivity index (χ2v) is 6.90. The number of aryl methyl sites for hydroxylation is 1. The van der Waals surface area contributed by atoms with Crippen LogP contribution in [0.15, 0.2) is 30.3 Å². The van der Waals surface area contributed by atoms with Gasteiger partial charge in [0.15, 0.2) is 0 Å². The highest BCUT2D eigenvalue weighted by Gasteiger charge is 2.30. The Morgan fingerprint density at radius 3 is 2.74 bits per heavy atom. The van der Waals surface area contributed by atoms with Gasteiger partial charge in [-0.2, -0.15) is 0 Å². The molecule has 1 aliphatic heterocycles. The normalized spacial score (nSPS) is 22.3. The molecule has 2 aliphatic rings. The molecule has 2 aromatic rings. The van der Waals surface area contributed by atoms with Gasteiger partial charge in [-0.15, -0.1) is 0 Å². The average Bonchev–Trinajstić information content (AvgIpc) is 2.94. The highest BCUT2D eigenvalue weighted by molar-refractivity contribution is 6.43. The zero-order valence-electron chi connectivity index (χ0n) is 12.5. The molecule has 2 atom stereocenters. The molecule has 0 bridgehead atoms. The Balaban J connectivity index is 1.63. The summed E-state index contributed by atoms with van der Waals surface area (Å²) in [4.78, 5) is 0. The number of phenols is 1. The summed E-state index contributed by atoms with van der Waals surface area (Å²) in [5.74, 6) is 1.01. The van der Waals surface area contributed by atoms with Crippen LogP contribution in [-0.2, 0) is 6.42 Å². The van der Waals surface area contributed by atoms with Gasteiger partial charge >= 0.3 is 0 Å². The van der Waals surface area contributed by atoms with Gasteiger partial charge < -0.3 is 15.2 Å². The number of fused-ring (bicyclic) bond motifs is 2. The van der Waals surface area contributed by atoms with E-state index in [2.05, 4.69) is 5.32 Å². The molecule has 0 saturated heterocycles. The van der Waals surface area contributed by atoms with E-state index in [-0.39, 0.29) is 12.1 Å². The van der Waals surface area contributed by atoms with E-state index in [0.717, 1.165) is 24.8 Å². The summed E-state index contributed by atoms with van der Waals surface area (Å²) in [5.41, 5.74) is 3.55. The van der Waals surface area contributed by atoms with Gasteiger partial charge in [-0.3, -0.25) is 0 Å². The molecule has 2 N–H and O–H groups in total. The fourth-order valence-electron chi connectivity index (χ4n) is 3.58. The van der Waals surface area contributed by atoms with Crippen molar-refractivity contribution in [3.63, 3.8) is 0 Å². The lowest BCUT2D eigenvalue weighted by Crippen LogP contribution is -2.29. The monoisotopic (exact) mass is 349 g/mol. The van der Waals surface area contributed by atoms with Crippen LogP contribution in [0.1, 0.15) is 41.6 Å². The molecule has 0 fully saturated rings. The maximum atomic E-state index is 9.76. The van der Waals surface area contributed by atoms with E-state index in [1.54, 1.807) is 6.07 Å². The first-order valence-corrected chi connectivity index (χ1v) is 8.57. The fourth-order valence-corrected chi connectivity index (χ4v) is 3.96. The van der Waals surface area contributed by atoms with Gasteiger partial charge in [0.25, 0.3) is 0 Å². The van der Waals surface area contributed by atoms with Gasteiger partial charge in [0.05, 0.1) is 11.6 Å². The lowest BCUT2D eigenvalue weighted by Gasteiger charge is -2.30. The summed E-state index contributed by atoms with van der Waals surface area (Å²) in [6.07, 6.45) is 2.95. The molecule has 0 saturated carbocycles. The summed E-state index contributed by atoms with van der Waals surface area (Å²) in [7, 11) is 0. The minimum Gasteiger partial charge on any atom is -0.508 e. The lowest BCUT2D eigenvalue weighted by molar-refractivity contribution is 0.244. The zero-order chi connectivity index (χ0) is 16.0. The number of nitrogens with one attached hydrogen (secondary N) is 1. The molecular formula is C18H17Cl2NO2. The van der Waals surface area contributed by atoms with Crippen LogP contribution in [0, 0.1) is 0 Å². The largest absolute Gasteiger partial charge is 0.508 e. The molecule has 3 nitrogen and oxygen atoms in total. The van der Waals surface area contributed by atoms with Gasteiger partial charge in [0.1, 0.15) is 16.5 Å². The molecule has 23 heavy (non-hydrogen) atoms. The molecule has 1 aliphatic carbocycles. The minimum atomic E-state index is 0.173. The molecule has 4 rings (SSSR count). The van der Waals surface area contributed by atoms with E-state index in [4.69, 9.17) is 27.9 Å². The van der Waals surface area contributed by atoms with E-state index >= 15 is 0 Å². The molecule has 120 valence electrons. The second-order valence-electron chi connectivity index (χ2n) is 6.11. The quantitative estimate of drug-likeness (QED) is 0.818. The highest BCUT2D eigenvalue weighted by atomic mass is 35.5. The summed E-state index contributed by atoms with van der Waals surface area (Å²) < 4.78 is 5.72. The molecule has 5 heteroatoms. The third kappa shape index (κ3) is 2.67. The molecule has 0 radical (unpaired) electrons. The number of phenolic OH excluding ortho intramolecular Hbond substituents is 1. The number of halogens is 2. The average molecular weight is 350 g/mol. The minimum absolute atomic E-state index is 0.173. The van der Waals surface area contributed by atoms with Crippen molar-refractivity contribution in [3.05, 3.63) is 57.1 Å². The van der Waals surface area contributed by atoms with Gasteiger partial charge in [-0.1, -0.05) is 35.3 Å². The first-order chi connectivity index (χ1) is 11.1. The SMILES string of the molecule is Oc1ccc2c(c1)C(NC1CCOc3c1ccc(Cl)c3Cl)CC2. The van der Waals surface area contributed by atoms with Crippen LogP contribution in [-0.4, -0.2) is 11.7 Å². The molecule has 2 unspecified atom stereocenters. The topological polar surface area (TPSA) is 41.5 Å². The van der Waals surface area contributed by atoms with Crippen molar-refractivity contribution in [1.29, 1.82) is 0 Å². The van der Waals surface area contributed by atoms with Crippen LogP contribution < -0.4 is 10.1 Å². The van der Waals surface area contributed by atoms with Crippen molar-refractivity contribution < 1.29 is 9.84 Å². The molecule has 0 aromatic heterocycles. The third-order valence-corrected chi connectivity index (χ3v) is 5.51.